The maximum Gasteiger partial charge on any atom is 0.264 e. The number of aromatic nitrogens is 2. The highest BCUT2D eigenvalue weighted by molar-refractivity contribution is 9.10. The van der Waals surface area contributed by atoms with E-state index in [0.29, 0.717) is 28.9 Å². The van der Waals surface area contributed by atoms with Gasteiger partial charge >= 0.3 is 0 Å². The van der Waals surface area contributed by atoms with Crippen LogP contribution in [0.1, 0.15) is 23.6 Å². The van der Waals surface area contributed by atoms with Crippen molar-refractivity contribution in [2.45, 2.75) is 32.1 Å². The van der Waals surface area contributed by atoms with Gasteiger partial charge in [0, 0.05) is 16.1 Å². The number of rotatable bonds is 5. The maximum absolute atomic E-state index is 13.2. The van der Waals surface area contributed by atoms with E-state index in [1.54, 1.807) is 30.3 Å². The molecule has 0 aliphatic rings. The molecule has 0 unspecified atom stereocenters. The SMILES string of the molecule is CCc1ccc(-c2ccc(=O)[nH]n2)cc1S(=O)(=O)Nc1ccc(Br)c(C)c1C. The minimum atomic E-state index is -3.81. The lowest BCUT2D eigenvalue weighted by Gasteiger charge is -2.16. The zero-order valence-corrected chi connectivity index (χ0v) is 18.1. The van der Waals surface area contributed by atoms with Crippen molar-refractivity contribution in [2.75, 3.05) is 4.72 Å². The van der Waals surface area contributed by atoms with Gasteiger partial charge in [0.05, 0.1) is 16.3 Å². The Kier molecular flexibility index (Phi) is 5.71. The summed E-state index contributed by atoms with van der Waals surface area (Å²) in [6.45, 7) is 5.71. The van der Waals surface area contributed by atoms with E-state index in [0.717, 1.165) is 15.6 Å². The van der Waals surface area contributed by atoms with Crippen LogP contribution in [-0.4, -0.2) is 18.6 Å². The van der Waals surface area contributed by atoms with E-state index in [2.05, 4.69) is 30.8 Å². The van der Waals surface area contributed by atoms with Gasteiger partial charge in [0.1, 0.15) is 0 Å². The summed E-state index contributed by atoms with van der Waals surface area (Å²) in [6, 6.07) is 11.6. The summed E-state index contributed by atoms with van der Waals surface area (Å²) in [4.78, 5) is 11.4. The molecule has 0 atom stereocenters. The Morgan fingerprint density at radius 1 is 1.07 bits per heavy atom. The fraction of sp³-hybridized carbons (Fsp3) is 0.200. The number of halogens is 1. The molecule has 0 spiro atoms. The van der Waals surface area contributed by atoms with Gasteiger partial charge in [-0.2, -0.15) is 5.10 Å². The van der Waals surface area contributed by atoms with Crippen molar-refractivity contribution in [2.24, 2.45) is 0 Å². The first kappa shape index (κ1) is 20.3. The number of nitrogens with zero attached hydrogens (tertiary/aromatic N) is 1. The molecule has 3 rings (SSSR count). The lowest BCUT2D eigenvalue weighted by Crippen LogP contribution is -2.16. The molecule has 2 N–H and O–H groups in total. The van der Waals surface area contributed by atoms with Crippen LogP contribution in [0.4, 0.5) is 5.69 Å². The zero-order chi connectivity index (χ0) is 20.5. The number of H-pyrrole nitrogens is 1. The molecule has 28 heavy (non-hydrogen) atoms. The summed E-state index contributed by atoms with van der Waals surface area (Å²) in [5.41, 5.74) is 3.86. The number of benzene rings is 2. The first-order valence-corrected chi connectivity index (χ1v) is 11.0. The molecule has 8 heteroatoms. The Morgan fingerprint density at radius 3 is 2.46 bits per heavy atom. The maximum atomic E-state index is 13.2. The average Bonchev–Trinajstić information content (AvgIpc) is 2.68. The molecule has 0 bridgehead atoms. The van der Waals surface area contributed by atoms with Crippen molar-refractivity contribution in [3.8, 4) is 11.3 Å². The summed E-state index contributed by atoms with van der Waals surface area (Å²) in [5.74, 6) is 0. The molecule has 1 aromatic heterocycles. The van der Waals surface area contributed by atoms with E-state index in [1.165, 1.54) is 6.07 Å². The Hall–Kier alpha value is -2.45. The van der Waals surface area contributed by atoms with E-state index in [1.807, 2.05) is 26.8 Å². The fourth-order valence-corrected chi connectivity index (χ4v) is 4.75. The van der Waals surface area contributed by atoms with E-state index < -0.39 is 10.0 Å². The van der Waals surface area contributed by atoms with Crippen LogP contribution in [0.5, 0.6) is 0 Å². The smallest absolute Gasteiger partial charge is 0.264 e. The lowest BCUT2D eigenvalue weighted by atomic mass is 10.1. The molecule has 0 radical (unpaired) electrons. The second-order valence-corrected chi connectivity index (χ2v) is 8.94. The van der Waals surface area contributed by atoms with Crippen molar-refractivity contribution in [3.63, 3.8) is 0 Å². The third-order valence-electron chi connectivity index (χ3n) is 4.68. The van der Waals surface area contributed by atoms with Gasteiger partial charge < -0.3 is 0 Å². The molecule has 6 nitrogen and oxygen atoms in total. The number of hydrogen-bond donors (Lipinski definition) is 2. The van der Waals surface area contributed by atoms with Crippen LogP contribution < -0.4 is 10.3 Å². The fourth-order valence-electron chi connectivity index (χ4n) is 2.86. The van der Waals surface area contributed by atoms with Crippen LogP contribution >= 0.6 is 15.9 Å². The number of nitrogens with one attached hydrogen (secondary N) is 2. The zero-order valence-electron chi connectivity index (χ0n) is 15.7. The first-order chi connectivity index (χ1) is 13.2. The second-order valence-electron chi connectivity index (χ2n) is 6.43. The minimum absolute atomic E-state index is 0.195. The van der Waals surface area contributed by atoms with Crippen LogP contribution in [0.15, 0.2) is 56.6 Å². The molecule has 0 aliphatic heterocycles. The predicted octanol–water partition coefficient (Wildman–Crippen LogP) is 4.18. The van der Waals surface area contributed by atoms with E-state index >= 15 is 0 Å². The monoisotopic (exact) mass is 461 g/mol. The number of hydrogen-bond acceptors (Lipinski definition) is 4. The van der Waals surface area contributed by atoms with Crippen LogP contribution in [0.2, 0.25) is 0 Å². The van der Waals surface area contributed by atoms with Gasteiger partial charge in [-0.1, -0.05) is 35.0 Å². The third-order valence-corrected chi connectivity index (χ3v) is 6.98. The summed E-state index contributed by atoms with van der Waals surface area (Å²) in [7, 11) is -3.81. The van der Waals surface area contributed by atoms with Crippen molar-refractivity contribution >= 4 is 31.6 Å². The predicted molar refractivity (Wildman–Crippen MR) is 114 cm³/mol. The van der Waals surface area contributed by atoms with Gasteiger partial charge in [-0.15, -0.1) is 0 Å². The normalized spacial score (nSPS) is 11.4. The van der Waals surface area contributed by atoms with E-state index in [-0.39, 0.29) is 10.5 Å². The molecule has 0 saturated carbocycles. The van der Waals surface area contributed by atoms with Gasteiger partial charge in [0.15, 0.2) is 0 Å². The topological polar surface area (TPSA) is 91.9 Å². The average molecular weight is 462 g/mol. The summed E-state index contributed by atoms with van der Waals surface area (Å²) >= 11 is 3.46. The highest BCUT2D eigenvalue weighted by Gasteiger charge is 2.21. The molecule has 0 aliphatic carbocycles. The van der Waals surface area contributed by atoms with Crippen molar-refractivity contribution in [1.82, 2.24) is 10.2 Å². The van der Waals surface area contributed by atoms with Gasteiger partial charge in [0.2, 0.25) is 0 Å². The largest absolute Gasteiger partial charge is 0.279 e. The first-order valence-electron chi connectivity index (χ1n) is 8.70. The quantitative estimate of drug-likeness (QED) is 0.595. The van der Waals surface area contributed by atoms with Crippen LogP contribution in [0, 0.1) is 13.8 Å². The highest BCUT2D eigenvalue weighted by Crippen LogP contribution is 2.30. The van der Waals surface area contributed by atoms with Crippen molar-refractivity contribution in [1.29, 1.82) is 0 Å². The molecule has 146 valence electrons. The highest BCUT2D eigenvalue weighted by atomic mass is 79.9. The third kappa shape index (κ3) is 4.02. The number of sulfonamides is 1. The molecule has 0 saturated heterocycles. The van der Waals surface area contributed by atoms with E-state index in [4.69, 9.17) is 0 Å². The number of aromatic amines is 1. The van der Waals surface area contributed by atoms with Crippen molar-refractivity contribution in [3.05, 3.63) is 74.0 Å². The van der Waals surface area contributed by atoms with Gasteiger partial charge in [-0.25, -0.2) is 13.5 Å². The Morgan fingerprint density at radius 2 is 1.82 bits per heavy atom. The Labute approximate surface area is 172 Å². The Bertz CT molecular complexity index is 1180. The number of aryl methyl sites for hydroxylation is 1. The number of anilines is 1. The van der Waals surface area contributed by atoms with Crippen LogP contribution in [-0.2, 0) is 16.4 Å². The van der Waals surface area contributed by atoms with Gasteiger partial charge in [-0.3, -0.25) is 9.52 Å². The molecule has 0 amide bonds. The minimum Gasteiger partial charge on any atom is -0.279 e. The van der Waals surface area contributed by atoms with Crippen molar-refractivity contribution < 1.29 is 8.42 Å². The summed E-state index contributed by atoms with van der Waals surface area (Å²) in [6.07, 6.45) is 0.563. The second kappa shape index (κ2) is 7.89. The van der Waals surface area contributed by atoms with Crippen LogP contribution in [0.25, 0.3) is 11.3 Å². The molecule has 2 aromatic carbocycles. The molecule has 1 heterocycles. The lowest BCUT2D eigenvalue weighted by molar-refractivity contribution is 0.600. The molecular formula is C20H20BrN3O3S. The standard InChI is InChI=1S/C20H20BrN3O3S/c1-4-14-5-6-15(18-9-10-20(25)23-22-18)11-19(14)28(26,27)24-17-8-7-16(21)12(2)13(17)3/h5-11,24H,4H2,1-3H3,(H,23,25). The summed E-state index contributed by atoms with van der Waals surface area (Å²) in [5, 5.41) is 6.36. The Balaban J connectivity index is 2.07. The summed E-state index contributed by atoms with van der Waals surface area (Å²) < 4.78 is 30.0. The van der Waals surface area contributed by atoms with E-state index in [9.17, 15) is 13.2 Å². The van der Waals surface area contributed by atoms with Gasteiger partial charge in [0.25, 0.3) is 15.6 Å². The molecular weight excluding hydrogens is 442 g/mol. The van der Waals surface area contributed by atoms with Gasteiger partial charge in [-0.05, 0) is 61.2 Å². The molecule has 3 aromatic rings. The van der Waals surface area contributed by atoms with Crippen LogP contribution in [0.3, 0.4) is 0 Å². The molecule has 0 fully saturated rings.